The van der Waals surface area contributed by atoms with Crippen molar-refractivity contribution in [2.45, 2.75) is 13.3 Å². The van der Waals surface area contributed by atoms with Crippen molar-refractivity contribution in [3.8, 4) is 40.3 Å². The number of methoxy groups -OCH3 is 1. The first-order valence-electron chi connectivity index (χ1n) is 9.34. The van der Waals surface area contributed by atoms with E-state index in [4.69, 9.17) is 15.2 Å². The average molecular weight is 421 g/mol. The van der Waals surface area contributed by atoms with Crippen molar-refractivity contribution < 1.29 is 24.5 Å². The van der Waals surface area contributed by atoms with Crippen LogP contribution < -0.4 is 15.2 Å². The molecule has 10 heteroatoms. The molecule has 0 radical (unpaired) electrons. The van der Waals surface area contributed by atoms with Crippen molar-refractivity contribution in [2.75, 3.05) is 7.11 Å². The molecule has 0 aliphatic heterocycles. The second-order valence-electron chi connectivity index (χ2n) is 6.60. The van der Waals surface area contributed by atoms with E-state index in [1.807, 2.05) is 13.0 Å². The number of fused-ring (bicyclic) bond motifs is 1. The van der Waals surface area contributed by atoms with Gasteiger partial charge in [0.2, 0.25) is 0 Å². The minimum Gasteiger partial charge on any atom is -0.508 e. The number of hydrogen-bond donors (Lipinski definition) is 3. The van der Waals surface area contributed by atoms with E-state index < -0.39 is 6.09 Å². The topological polar surface area (TPSA) is 146 Å². The van der Waals surface area contributed by atoms with Gasteiger partial charge in [0.25, 0.3) is 0 Å². The second kappa shape index (κ2) is 7.82. The molecule has 0 spiro atoms. The smallest absolute Gasteiger partial charge is 0.412 e. The van der Waals surface area contributed by atoms with Gasteiger partial charge in [-0.3, -0.25) is 4.98 Å². The molecule has 0 atom stereocenters. The van der Waals surface area contributed by atoms with E-state index in [1.54, 1.807) is 30.5 Å². The summed E-state index contributed by atoms with van der Waals surface area (Å²) in [7, 11) is 1.54. The molecule has 31 heavy (non-hydrogen) atoms. The molecule has 0 saturated heterocycles. The van der Waals surface area contributed by atoms with E-state index in [0.29, 0.717) is 34.3 Å². The summed E-state index contributed by atoms with van der Waals surface area (Å²) in [6.07, 6.45) is 1.08. The summed E-state index contributed by atoms with van der Waals surface area (Å²) in [5.41, 5.74) is 7.19. The van der Waals surface area contributed by atoms with Gasteiger partial charge < -0.3 is 25.4 Å². The number of rotatable bonds is 5. The highest BCUT2D eigenvalue weighted by atomic mass is 16.6. The number of pyridine rings is 1. The summed E-state index contributed by atoms with van der Waals surface area (Å²) in [6.45, 7) is 1.87. The molecule has 0 unspecified atom stereocenters. The molecule has 0 bridgehead atoms. The number of aromatic hydroxyl groups is 2. The Morgan fingerprint density at radius 2 is 1.97 bits per heavy atom. The number of ether oxygens (including phenoxy) is 2. The number of nitrogens with two attached hydrogens (primary N) is 1. The number of carbonyl (C=O) groups is 1. The number of primary amides is 1. The van der Waals surface area contributed by atoms with Crippen molar-refractivity contribution in [1.29, 1.82) is 0 Å². The standard InChI is InChI=1S/C21H19N5O5/c1-3-11-9-13(16(28)10-15(11)27)19-24-25-21(31-20(22)29)26(19)14-6-7-17(30-2)18-12(14)5-4-8-23-18/h4-10,27-28H,3H2,1-2H3,(H2,22,29). The molecule has 4 N–H and O–H groups in total. The van der Waals surface area contributed by atoms with Crippen LogP contribution in [0.25, 0.3) is 28.0 Å². The first-order chi connectivity index (χ1) is 14.9. The van der Waals surface area contributed by atoms with Crippen LogP contribution in [0.2, 0.25) is 0 Å². The van der Waals surface area contributed by atoms with Crippen LogP contribution >= 0.6 is 0 Å². The van der Waals surface area contributed by atoms with E-state index in [1.165, 1.54) is 17.7 Å². The highest BCUT2D eigenvalue weighted by Gasteiger charge is 2.24. The highest BCUT2D eigenvalue weighted by molar-refractivity contribution is 5.92. The van der Waals surface area contributed by atoms with Gasteiger partial charge in [0.05, 0.1) is 18.4 Å². The Bertz CT molecular complexity index is 1300. The Labute approximate surface area is 176 Å². The number of aryl methyl sites for hydroxylation is 1. The lowest BCUT2D eigenvalue weighted by atomic mass is 10.1. The number of aromatic nitrogens is 4. The molecule has 2 heterocycles. The van der Waals surface area contributed by atoms with Crippen LogP contribution in [0, 0.1) is 0 Å². The van der Waals surface area contributed by atoms with Crippen LogP contribution in [0.1, 0.15) is 12.5 Å². The van der Waals surface area contributed by atoms with E-state index >= 15 is 0 Å². The summed E-state index contributed by atoms with van der Waals surface area (Å²) in [5, 5.41) is 29.3. The Hall–Kier alpha value is -4.34. The number of phenolic OH excluding ortho intramolecular Hbond substituents is 2. The lowest BCUT2D eigenvalue weighted by Crippen LogP contribution is -2.18. The molecule has 0 aliphatic carbocycles. The fourth-order valence-corrected chi connectivity index (χ4v) is 3.39. The largest absolute Gasteiger partial charge is 0.508 e. The number of amides is 1. The van der Waals surface area contributed by atoms with E-state index in [0.717, 1.165) is 0 Å². The molecular weight excluding hydrogens is 402 g/mol. The van der Waals surface area contributed by atoms with Gasteiger partial charge in [-0.1, -0.05) is 12.0 Å². The van der Waals surface area contributed by atoms with E-state index in [2.05, 4.69) is 15.2 Å². The predicted octanol–water partition coefficient (Wildman–Crippen LogP) is 2.92. The second-order valence-corrected chi connectivity index (χ2v) is 6.60. The van der Waals surface area contributed by atoms with Crippen molar-refractivity contribution in [3.63, 3.8) is 0 Å². The highest BCUT2D eigenvalue weighted by Crippen LogP contribution is 2.39. The number of phenols is 2. The predicted molar refractivity (Wildman–Crippen MR) is 112 cm³/mol. The van der Waals surface area contributed by atoms with Gasteiger partial charge in [-0.05, 0) is 42.3 Å². The van der Waals surface area contributed by atoms with Crippen molar-refractivity contribution in [3.05, 3.63) is 48.2 Å². The molecule has 2 aromatic heterocycles. The molecule has 1 amide bonds. The quantitative estimate of drug-likeness (QED) is 0.446. The summed E-state index contributed by atoms with van der Waals surface area (Å²) >= 11 is 0. The van der Waals surface area contributed by atoms with Crippen LogP contribution in [0.15, 0.2) is 42.6 Å². The number of benzene rings is 2. The number of hydrogen-bond acceptors (Lipinski definition) is 8. The third-order valence-electron chi connectivity index (χ3n) is 4.81. The Balaban J connectivity index is 2.05. The minimum absolute atomic E-state index is 0.0393. The lowest BCUT2D eigenvalue weighted by molar-refractivity contribution is 0.206. The first kappa shape index (κ1) is 20.0. The monoisotopic (exact) mass is 421 g/mol. The zero-order valence-electron chi connectivity index (χ0n) is 16.7. The van der Waals surface area contributed by atoms with Gasteiger partial charge in [0, 0.05) is 17.6 Å². The van der Waals surface area contributed by atoms with Crippen molar-refractivity contribution in [1.82, 2.24) is 19.7 Å². The molecule has 0 fully saturated rings. The minimum atomic E-state index is -1.07. The van der Waals surface area contributed by atoms with Gasteiger partial charge in [-0.15, -0.1) is 5.10 Å². The fourth-order valence-electron chi connectivity index (χ4n) is 3.39. The maximum Gasteiger partial charge on any atom is 0.412 e. The third-order valence-corrected chi connectivity index (χ3v) is 4.81. The van der Waals surface area contributed by atoms with Crippen LogP contribution in [0.4, 0.5) is 4.79 Å². The normalized spacial score (nSPS) is 10.9. The summed E-state index contributed by atoms with van der Waals surface area (Å²) in [5.74, 6) is 0.471. The zero-order chi connectivity index (χ0) is 22.1. The molecular formula is C21H19N5O5. The van der Waals surface area contributed by atoms with E-state index in [9.17, 15) is 15.0 Å². The van der Waals surface area contributed by atoms with Gasteiger partial charge >= 0.3 is 12.1 Å². The summed E-state index contributed by atoms with van der Waals surface area (Å²) in [6, 6.07) is 9.63. The maximum atomic E-state index is 11.5. The van der Waals surface area contributed by atoms with Gasteiger partial charge in [-0.25, -0.2) is 9.36 Å². The zero-order valence-corrected chi connectivity index (χ0v) is 16.7. The molecule has 10 nitrogen and oxygen atoms in total. The Kier molecular flexibility index (Phi) is 5.04. The third kappa shape index (κ3) is 3.44. The SMILES string of the molecule is CCc1cc(-c2nnc(OC(N)=O)n2-c2ccc(OC)c3ncccc23)c(O)cc1O. The van der Waals surface area contributed by atoms with Gasteiger partial charge in [0.15, 0.2) is 5.82 Å². The lowest BCUT2D eigenvalue weighted by Gasteiger charge is -2.15. The van der Waals surface area contributed by atoms with Gasteiger partial charge in [0.1, 0.15) is 22.8 Å². The van der Waals surface area contributed by atoms with Crippen LogP contribution in [0.3, 0.4) is 0 Å². The maximum absolute atomic E-state index is 11.5. The molecule has 0 aliphatic rings. The van der Waals surface area contributed by atoms with Crippen LogP contribution in [-0.2, 0) is 6.42 Å². The molecule has 2 aromatic carbocycles. The first-order valence-corrected chi connectivity index (χ1v) is 9.34. The Morgan fingerprint density at radius 3 is 2.68 bits per heavy atom. The van der Waals surface area contributed by atoms with Crippen molar-refractivity contribution >= 4 is 17.0 Å². The molecule has 4 aromatic rings. The average Bonchev–Trinajstić information content (AvgIpc) is 3.15. The number of nitrogens with zero attached hydrogens (tertiary/aromatic N) is 4. The van der Waals surface area contributed by atoms with Crippen LogP contribution in [-0.4, -0.2) is 43.2 Å². The number of carbonyl (C=O) groups excluding carboxylic acids is 1. The van der Waals surface area contributed by atoms with Crippen molar-refractivity contribution in [2.24, 2.45) is 5.73 Å². The molecule has 158 valence electrons. The summed E-state index contributed by atoms with van der Waals surface area (Å²) in [4.78, 5) is 15.9. The molecule has 0 saturated carbocycles. The van der Waals surface area contributed by atoms with Crippen LogP contribution in [0.5, 0.6) is 23.3 Å². The van der Waals surface area contributed by atoms with E-state index in [-0.39, 0.29) is 28.9 Å². The summed E-state index contributed by atoms with van der Waals surface area (Å²) < 4.78 is 11.9. The molecule has 4 rings (SSSR count). The fraction of sp³-hybridized carbons (Fsp3) is 0.143. The Morgan fingerprint density at radius 1 is 1.16 bits per heavy atom. The van der Waals surface area contributed by atoms with Gasteiger partial charge in [-0.2, -0.15) is 0 Å².